The lowest BCUT2D eigenvalue weighted by Crippen LogP contribution is -2.11. The van der Waals surface area contributed by atoms with Gasteiger partial charge in [-0.25, -0.2) is 0 Å². The number of para-hydroxylation sites is 1. The molecule has 1 heterocycles. The highest BCUT2D eigenvalue weighted by molar-refractivity contribution is 7.71. The highest BCUT2D eigenvalue weighted by Gasteiger charge is 2.14. The van der Waals surface area contributed by atoms with E-state index in [9.17, 15) is 0 Å². The van der Waals surface area contributed by atoms with E-state index in [0.29, 0.717) is 4.77 Å². The van der Waals surface area contributed by atoms with Crippen LogP contribution in [-0.4, -0.2) is 14.8 Å². The lowest BCUT2D eigenvalue weighted by molar-refractivity contribution is 0.210. The maximum absolute atomic E-state index is 5.81. The van der Waals surface area contributed by atoms with Crippen LogP contribution in [0.4, 0.5) is 0 Å². The molecule has 0 amide bonds. The predicted octanol–water partition coefficient (Wildman–Crippen LogP) is 3.10. The number of benzene rings is 1. The van der Waals surface area contributed by atoms with Gasteiger partial charge in [-0.2, -0.15) is 5.10 Å². The summed E-state index contributed by atoms with van der Waals surface area (Å²) in [5.41, 5.74) is 0. The molecular formula is C12H15N3OS. The molecule has 5 heteroatoms. The molecule has 0 bridgehead atoms. The molecule has 4 nitrogen and oxygen atoms in total. The molecule has 17 heavy (non-hydrogen) atoms. The van der Waals surface area contributed by atoms with Gasteiger partial charge in [0.15, 0.2) is 16.7 Å². The van der Waals surface area contributed by atoms with Gasteiger partial charge in [-0.05, 0) is 38.2 Å². The van der Waals surface area contributed by atoms with Gasteiger partial charge >= 0.3 is 0 Å². The summed E-state index contributed by atoms with van der Waals surface area (Å²) in [6, 6.07) is 9.69. The van der Waals surface area contributed by atoms with E-state index in [2.05, 4.69) is 10.2 Å². The zero-order valence-electron chi connectivity index (χ0n) is 9.88. The number of nitrogens with zero attached hydrogens (tertiary/aromatic N) is 2. The van der Waals surface area contributed by atoms with E-state index in [1.807, 2.05) is 48.7 Å². The van der Waals surface area contributed by atoms with Crippen LogP contribution in [0.1, 0.15) is 25.8 Å². The van der Waals surface area contributed by atoms with Gasteiger partial charge in [-0.15, -0.1) is 0 Å². The van der Waals surface area contributed by atoms with Crippen LogP contribution in [0.25, 0.3) is 0 Å². The molecule has 2 aromatic rings. The van der Waals surface area contributed by atoms with Crippen LogP contribution in [-0.2, 0) is 6.54 Å². The van der Waals surface area contributed by atoms with Gasteiger partial charge in [0, 0.05) is 6.54 Å². The van der Waals surface area contributed by atoms with Crippen LogP contribution in [0.3, 0.4) is 0 Å². The van der Waals surface area contributed by atoms with E-state index in [-0.39, 0.29) is 6.10 Å². The summed E-state index contributed by atoms with van der Waals surface area (Å²) in [6.45, 7) is 4.78. The summed E-state index contributed by atoms with van der Waals surface area (Å²) in [4.78, 5) is 0. The zero-order valence-corrected chi connectivity index (χ0v) is 10.7. The molecular weight excluding hydrogens is 234 g/mol. The summed E-state index contributed by atoms with van der Waals surface area (Å²) >= 11 is 5.15. The van der Waals surface area contributed by atoms with E-state index in [4.69, 9.17) is 17.0 Å². The van der Waals surface area contributed by atoms with E-state index in [0.717, 1.165) is 18.1 Å². The summed E-state index contributed by atoms with van der Waals surface area (Å²) < 4.78 is 8.37. The van der Waals surface area contributed by atoms with Gasteiger partial charge in [0.25, 0.3) is 0 Å². The standard InChI is InChI=1S/C12H15N3OS/c1-3-15-11(13-14-12(15)17)9(2)16-10-7-5-4-6-8-10/h4-9H,3H2,1-2H3,(H,14,17). The fourth-order valence-corrected chi connectivity index (χ4v) is 1.97. The quantitative estimate of drug-likeness (QED) is 0.847. The van der Waals surface area contributed by atoms with E-state index >= 15 is 0 Å². The molecule has 2 rings (SSSR count). The SMILES string of the molecule is CCn1c(C(C)Oc2ccccc2)n[nH]c1=S. The number of hydrogen-bond acceptors (Lipinski definition) is 3. The third kappa shape index (κ3) is 2.55. The van der Waals surface area contributed by atoms with Crippen LogP contribution in [0.15, 0.2) is 30.3 Å². The molecule has 90 valence electrons. The Labute approximate surface area is 105 Å². The normalized spacial score (nSPS) is 12.4. The number of aromatic amines is 1. The second kappa shape index (κ2) is 5.14. The molecule has 0 saturated carbocycles. The van der Waals surface area contributed by atoms with E-state index < -0.39 is 0 Å². The van der Waals surface area contributed by atoms with Gasteiger partial charge in [0.05, 0.1) is 0 Å². The Morgan fingerprint density at radius 2 is 2.12 bits per heavy atom. The Kier molecular flexibility index (Phi) is 3.58. The van der Waals surface area contributed by atoms with Crippen molar-refractivity contribution in [3.63, 3.8) is 0 Å². The van der Waals surface area contributed by atoms with Crippen LogP contribution in [0, 0.1) is 4.77 Å². The Morgan fingerprint density at radius 3 is 2.76 bits per heavy atom. The first-order chi connectivity index (χ1) is 8.22. The molecule has 1 unspecified atom stereocenters. The fourth-order valence-electron chi connectivity index (χ4n) is 1.70. The topological polar surface area (TPSA) is 42.8 Å². The van der Waals surface area contributed by atoms with Crippen molar-refractivity contribution in [1.82, 2.24) is 14.8 Å². The molecule has 0 aliphatic rings. The molecule has 0 fully saturated rings. The number of hydrogen-bond donors (Lipinski definition) is 1. The highest BCUT2D eigenvalue weighted by Crippen LogP contribution is 2.19. The molecule has 0 radical (unpaired) electrons. The van der Waals surface area contributed by atoms with Gasteiger partial charge in [0.2, 0.25) is 0 Å². The monoisotopic (exact) mass is 249 g/mol. The molecule has 1 atom stereocenters. The minimum Gasteiger partial charge on any atom is -0.483 e. The third-order valence-corrected chi connectivity index (χ3v) is 2.84. The number of nitrogens with one attached hydrogen (secondary N) is 1. The van der Waals surface area contributed by atoms with E-state index in [1.165, 1.54) is 0 Å². The second-order valence-corrected chi connectivity index (χ2v) is 4.09. The van der Waals surface area contributed by atoms with Crippen LogP contribution in [0.2, 0.25) is 0 Å². The Bertz CT molecular complexity index is 532. The minimum atomic E-state index is -0.134. The number of ether oxygens (including phenoxy) is 1. The van der Waals surface area contributed by atoms with Crippen molar-refractivity contribution in [2.45, 2.75) is 26.5 Å². The Hall–Kier alpha value is -1.62. The maximum Gasteiger partial charge on any atom is 0.195 e. The first-order valence-electron chi connectivity index (χ1n) is 5.59. The van der Waals surface area contributed by atoms with Gasteiger partial charge in [-0.3, -0.25) is 5.10 Å². The Balaban J connectivity index is 2.20. The van der Waals surface area contributed by atoms with Crippen molar-refractivity contribution in [3.05, 3.63) is 40.9 Å². The summed E-state index contributed by atoms with van der Waals surface area (Å²) in [6.07, 6.45) is -0.134. The number of H-pyrrole nitrogens is 1. The highest BCUT2D eigenvalue weighted by atomic mass is 32.1. The predicted molar refractivity (Wildman–Crippen MR) is 68.6 cm³/mol. The fraction of sp³-hybridized carbons (Fsp3) is 0.333. The smallest absolute Gasteiger partial charge is 0.195 e. The van der Waals surface area contributed by atoms with Gasteiger partial charge < -0.3 is 9.30 Å². The zero-order chi connectivity index (χ0) is 12.3. The minimum absolute atomic E-state index is 0.134. The van der Waals surface area contributed by atoms with Crippen molar-refractivity contribution >= 4 is 12.2 Å². The Morgan fingerprint density at radius 1 is 1.41 bits per heavy atom. The third-order valence-electron chi connectivity index (χ3n) is 2.52. The van der Waals surface area contributed by atoms with Crippen molar-refractivity contribution in [1.29, 1.82) is 0 Å². The molecule has 1 aromatic heterocycles. The molecule has 0 saturated heterocycles. The van der Waals surface area contributed by atoms with Crippen LogP contribution < -0.4 is 4.74 Å². The molecule has 0 spiro atoms. The first-order valence-corrected chi connectivity index (χ1v) is 6.00. The van der Waals surface area contributed by atoms with Crippen LogP contribution >= 0.6 is 12.2 Å². The van der Waals surface area contributed by atoms with E-state index in [1.54, 1.807) is 0 Å². The molecule has 1 aromatic carbocycles. The van der Waals surface area contributed by atoms with Crippen molar-refractivity contribution < 1.29 is 4.74 Å². The van der Waals surface area contributed by atoms with Crippen LogP contribution in [0.5, 0.6) is 5.75 Å². The molecule has 1 N–H and O–H groups in total. The average molecular weight is 249 g/mol. The van der Waals surface area contributed by atoms with Crippen molar-refractivity contribution in [3.8, 4) is 5.75 Å². The van der Waals surface area contributed by atoms with Gasteiger partial charge in [-0.1, -0.05) is 18.2 Å². The molecule has 0 aliphatic carbocycles. The maximum atomic E-state index is 5.81. The number of rotatable bonds is 4. The van der Waals surface area contributed by atoms with Gasteiger partial charge in [0.1, 0.15) is 5.75 Å². The average Bonchev–Trinajstić information content (AvgIpc) is 2.71. The summed E-state index contributed by atoms with van der Waals surface area (Å²) in [5.74, 6) is 1.65. The largest absolute Gasteiger partial charge is 0.483 e. The lowest BCUT2D eigenvalue weighted by Gasteiger charge is -2.14. The number of aromatic nitrogens is 3. The summed E-state index contributed by atoms with van der Waals surface area (Å²) in [5, 5.41) is 6.99. The summed E-state index contributed by atoms with van der Waals surface area (Å²) in [7, 11) is 0. The second-order valence-electron chi connectivity index (χ2n) is 3.70. The molecule has 0 aliphatic heterocycles. The first kappa shape index (κ1) is 11.9. The van der Waals surface area contributed by atoms with Crippen molar-refractivity contribution in [2.24, 2.45) is 0 Å². The lowest BCUT2D eigenvalue weighted by atomic mass is 10.3. The van der Waals surface area contributed by atoms with Crippen molar-refractivity contribution in [2.75, 3.05) is 0 Å².